The Kier molecular flexibility index (Phi) is 11.5. The molecule has 1 unspecified atom stereocenters. The second-order valence-electron chi connectivity index (χ2n) is 18.2. The van der Waals surface area contributed by atoms with Crippen molar-refractivity contribution >= 4 is 44.7 Å². The number of allylic oxidation sites excluding steroid dienone is 1. The van der Waals surface area contributed by atoms with Gasteiger partial charge in [0.25, 0.3) is 5.91 Å². The molecule has 1 aromatic heterocycles. The summed E-state index contributed by atoms with van der Waals surface area (Å²) in [4.78, 5) is 63.1. The number of methoxy groups -OCH3 is 1. The number of nitrogens with zero attached hydrogens (tertiary/aromatic N) is 2. The van der Waals surface area contributed by atoms with Crippen LogP contribution < -0.4 is 24.8 Å². The fraction of sp³-hybridized carbons (Fsp3) is 0.651. The van der Waals surface area contributed by atoms with Crippen LogP contribution in [-0.2, 0) is 29.1 Å². The van der Waals surface area contributed by atoms with Gasteiger partial charge in [0.15, 0.2) is 0 Å². The third-order valence-electron chi connectivity index (χ3n) is 13.1. The molecular weight excluding hydrogens is 782 g/mol. The summed E-state index contributed by atoms with van der Waals surface area (Å²) in [6.07, 6.45) is 4.55. The number of aromatic nitrogens is 1. The van der Waals surface area contributed by atoms with E-state index in [1.165, 1.54) is 12.0 Å². The molecule has 2 saturated carbocycles. The summed E-state index contributed by atoms with van der Waals surface area (Å²) in [7, 11) is -2.52. The number of carbonyl (C=O) groups is 4. The van der Waals surface area contributed by atoms with E-state index in [9.17, 15) is 27.6 Å². The van der Waals surface area contributed by atoms with E-state index in [4.69, 9.17) is 19.2 Å². The Labute approximate surface area is 345 Å². The lowest BCUT2D eigenvalue weighted by Crippen LogP contribution is -2.58. The molecule has 2 aliphatic carbocycles. The van der Waals surface area contributed by atoms with Gasteiger partial charge in [0.2, 0.25) is 21.8 Å². The largest absolute Gasteiger partial charge is 0.497 e. The van der Waals surface area contributed by atoms with Crippen LogP contribution in [0.15, 0.2) is 30.4 Å². The minimum Gasteiger partial charge on any atom is -0.497 e. The first-order valence-corrected chi connectivity index (χ1v) is 22.5. The van der Waals surface area contributed by atoms with Gasteiger partial charge in [-0.15, -0.1) is 0 Å². The van der Waals surface area contributed by atoms with Gasteiger partial charge in [-0.05, 0) is 82.4 Å². The van der Waals surface area contributed by atoms with E-state index in [1.807, 2.05) is 39.8 Å². The van der Waals surface area contributed by atoms with E-state index in [0.717, 1.165) is 12.8 Å². The van der Waals surface area contributed by atoms with E-state index in [2.05, 4.69) is 15.4 Å². The Hall–Kier alpha value is -4.47. The molecule has 1 aromatic carbocycles. The minimum atomic E-state index is -4.04. The summed E-state index contributed by atoms with van der Waals surface area (Å²) in [5.41, 5.74) is -1.59. The van der Waals surface area contributed by atoms with Crippen LogP contribution in [0.4, 0.5) is 9.18 Å². The highest BCUT2D eigenvalue weighted by atomic mass is 32.2. The zero-order chi connectivity index (χ0) is 42.7. The predicted molar refractivity (Wildman–Crippen MR) is 218 cm³/mol. The Morgan fingerprint density at radius 2 is 1.81 bits per heavy atom. The van der Waals surface area contributed by atoms with Gasteiger partial charge >= 0.3 is 6.09 Å². The summed E-state index contributed by atoms with van der Waals surface area (Å²) in [6, 6.07) is 2.88. The van der Waals surface area contributed by atoms with Gasteiger partial charge in [-0.1, -0.05) is 52.7 Å². The number of sulfonamides is 1. The van der Waals surface area contributed by atoms with E-state index in [0.29, 0.717) is 53.6 Å². The number of amides is 4. The molecule has 59 heavy (non-hydrogen) atoms. The van der Waals surface area contributed by atoms with Gasteiger partial charge in [-0.3, -0.25) is 19.1 Å². The topological polar surface area (TPSA) is 182 Å². The van der Waals surface area contributed by atoms with E-state index in [-0.39, 0.29) is 49.8 Å². The van der Waals surface area contributed by atoms with Crippen LogP contribution in [0.2, 0.25) is 0 Å². The molecule has 322 valence electrons. The first-order valence-electron chi connectivity index (χ1n) is 21.0. The molecule has 7 rings (SSSR count). The van der Waals surface area contributed by atoms with Crippen LogP contribution in [0, 0.1) is 11.8 Å². The van der Waals surface area contributed by atoms with E-state index in [1.54, 1.807) is 32.0 Å². The van der Waals surface area contributed by atoms with Crippen LogP contribution in [-0.4, -0.2) is 89.8 Å². The van der Waals surface area contributed by atoms with Crippen molar-refractivity contribution < 1.29 is 46.2 Å². The van der Waals surface area contributed by atoms with Gasteiger partial charge in [0.1, 0.15) is 47.0 Å². The molecule has 1 spiro atoms. The lowest BCUT2D eigenvalue weighted by Gasteiger charge is -2.39. The molecule has 2 aromatic rings. The summed E-state index contributed by atoms with van der Waals surface area (Å²) in [5, 5.41) is 6.19. The lowest BCUT2D eigenvalue weighted by molar-refractivity contribution is -0.141. The molecular formula is C43H58FN5O9S. The quantitative estimate of drug-likeness (QED) is 0.266. The number of benzene rings is 1. The maximum atomic E-state index is 17.1. The Morgan fingerprint density at radius 3 is 2.49 bits per heavy atom. The number of pyridine rings is 1. The van der Waals surface area contributed by atoms with Crippen molar-refractivity contribution in [2.45, 2.75) is 152 Å². The molecule has 14 nitrogen and oxygen atoms in total. The number of halogens is 1. The molecule has 1 saturated heterocycles. The Morgan fingerprint density at radius 1 is 1.07 bits per heavy atom. The highest BCUT2D eigenvalue weighted by molar-refractivity contribution is 7.91. The number of ether oxygens (including phenoxy) is 3. The van der Waals surface area contributed by atoms with Crippen molar-refractivity contribution in [3.63, 3.8) is 0 Å². The monoisotopic (exact) mass is 839 g/mol. The van der Waals surface area contributed by atoms with Crippen molar-refractivity contribution in [1.29, 1.82) is 0 Å². The summed E-state index contributed by atoms with van der Waals surface area (Å²) in [6.45, 7) is 10.8. The summed E-state index contributed by atoms with van der Waals surface area (Å²) < 4.78 is 62.7. The molecule has 4 heterocycles. The van der Waals surface area contributed by atoms with Crippen molar-refractivity contribution in [2.24, 2.45) is 11.8 Å². The maximum absolute atomic E-state index is 17.1. The molecule has 3 fully saturated rings. The van der Waals surface area contributed by atoms with Crippen molar-refractivity contribution in [1.82, 2.24) is 25.2 Å². The SMILES string of the molecule is COc1ccc2nc(C(C)C)c3c(c2c1)[C@H](F)C[C@]1(C[C@H]2C(=O)N[C@]4(C(=O)NS(=O)(=O)C5(C)CC5)C[C@H]4/C=C\CCCCC[C@H](NC(=O)OC(C)C(C)C)C(=O)N2C1)O3. The first-order chi connectivity index (χ1) is 27.8. The third-order valence-corrected chi connectivity index (χ3v) is 15.2. The maximum Gasteiger partial charge on any atom is 0.408 e. The fourth-order valence-electron chi connectivity index (χ4n) is 8.58. The van der Waals surface area contributed by atoms with E-state index >= 15 is 4.39 Å². The van der Waals surface area contributed by atoms with Crippen LogP contribution in [0.1, 0.15) is 129 Å². The second-order valence-corrected chi connectivity index (χ2v) is 20.4. The van der Waals surface area contributed by atoms with Crippen LogP contribution in [0.3, 0.4) is 0 Å². The minimum absolute atomic E-state index is 0.0187. The molecule has 0 bridgehead atoms. The molecule has 3 aliphatic heterocycles. The Bertz CT molecular complexity index is 2160. The smallest absolute Gasteiger partial charge is 0.408 e. The zero-order valence-corrected chi connectivity index (χ0v) is 35.9. The molecule has 3 N–H and O–H groups in total. The molecule has 7 atom stereocenters. The van der Waals surface area contributed by atoms with Crippen molar-refractivity contribution in [3.05, 3.63) is 41.6 Å². The van der Waals surface area contributed by atoms with Gasteiger partial charge in [0.05, 0.1) is 29.6 Å². The fourth-order valence-corrected chi connectivity index (χ4v) is 9.89. The summed E-state index contributed by atoms with van der Waals surface area (Å²) >= 11 is 0. The molecule has 16 heteroatoms. The molecule has 5 aliphatic rings. The van der Waals surface area contributed by atoms with Crippen molar-refractivity contribution in [2.75, 3.05) is 13.7 Å². The van der Waals surface area contributed by atoms with Crippen LogP contribution in [0.25, 0.3) is 10.9 Å². The highest BCUT2D eigenvalue weighted by Gasteiger charge is 2.64. The normalized spacial score (nSPS) is 30.2. The summed E-state index contributed by atoms with van der Waals surface area (Å²) in [5.74, 6) is -2.02. The molecule has 4 amide bonds. The predicted octanol–water partition coefficient (Wildman–Crippen LogP) is 6.03. The zero-order valence-electron chi connectivity index (χ0n) is 35.1. The average Bonchev–Trinajstić information content (AvgIpc) is 4.07. The number of carbonyl (C=O) groups excluding carboxylic acids is 4. The number of fused-ring (bicyclic) bond motifs is 5. The number of hydrogen-bond acceptors (Lipinski definition) is 10. The second kappa shape index (κ2) is 15.9. The van der Waals surface area contributed by atoms with Gasteiger partial charge < -0.3 is 29.7 Å². The van der Waals surface area contributed by atoms with Gasteiger partial charge in [-0.2, -0.15) is 0 Å². The van der Waals surface area contributed by atoms with Crippen LogP contribution in [0.5, 0.6) is 11.5 Å². The standard InChI is InChI=1S/C43H58FN5O9S/c1-24(2)26(5)57-40(53)46-32-14-12-10-8-9-11-13-27-20-43(27,39(52)48-59(54,55)41(6)17-18-41)47-37(50)33-22-42(23-49(33)38(32)51)21-30(44)34-29-19-28(56-7)15-16-31(29)45-35(25(3)4)36(34)58-42/h11,13,15-16,19,24-27,30,32-33H,8-10,12,14,17-18,20-23H2,1-7H3,(H,46,53)(H,47,50)(H,48,52)/b13-11-/t26?,27-,30-,32+,33+,42-,43-/m1/s1. The number of alkyl halides is 1. The lowest BCUT2D eigenvalue weighted by atomic mass is 9.85. The Balaban J connectivity index is 1.27. The number of hydrogen-bond donors (Lipinski definition) is 3. The highest BCUT2D eigenvalue weighted by Crippen LogP contribution is 2.53. The van der Waals surface area contributed by atoms with E-state index < -0.39 is 80.0 Å². The van der Waals surface area contributed by atoms with Crippen LogP contribution >= 0.6 is 0 Å². The van der Waals surface area contributed by atoms with Gasteiger partial charge in [0, 0.05) is 29.7 Å². The number of alkyl carbamates (subject to hydrolysis) is 1. The van der Waals surface area contributed by atoms with Crippen molar-refractivity contribution in [3.8, 4) is 11.5 Å². The first kappa shape index (κ1) is 42.6. The third kappa shape index (κ3) is 8.22. The number of nitrogens with one attached hydrogen (secondary N) is 3. The molecule has 0 radical (unpaired) electrons. The number of rotatable bonds is 8. The van der Waals surface area contributed by atoms with Gasteiger partial charge in [-0.25, -0.2) is 22.6 Å². The average molecular weight is 840 g/mol.